The van der Waals surface area contributed by atoms with Gasteiger partial charge in [-0.2, -0.15) is 0 Å². The van der Waals surface area contributed by atoms with Crippen molar-refractivity contribution in [3.05, 3.63) is 121 Å². The fourth-order valence-corrected chi connectivity index (χ4v) is 10.4. The van der Waals surface area contributed by atoms with E-state index in [9.17, 15) is 9.13 Å². The number of para-hydroxylation sites is 2. The van der Waals surface area contributed by atoms with Crippen LogP contribution in [0.4, 0.5) is 11.4 Å². The average molecular weight is 486 g/mol. The first-order valence-corrected chi connectivity index (χ1v) is 15.6. The zero-order valence-corrected chi connectivity index (χ0v) is 20.8. The Labute approximate surface area is 201 Å². The Morgan fingerprint density at radius 1 is 0.412 bits per heavy atom. The number of benzene rings is 4. The topological polar surface area (TPSA) is 40.6 Å². The van der Waals surface area contributed by atoms with Crippen LogP contribution in [0.3, 0.4) is 0 Å². The van der Waals surface area contributed by atoms with Crippen molar-refractivity contribution in [2.75, 3.05) is 34.9 Å². The molecule has 0 radical (unpaired) electrons. The minimum atomic E-state index is -2.90. The SMILES string of the molecule is O=P1(c2ccccc2)CN(c2ccccc2)CP(=O)(c2ccccc2)CN(c2ccccc2)C1. The van der Waals surface area contributed by atoms with Crippen molar-refractivity contribution >= 4 is 36.3 Å². The zero-order valence-electron chi connectivity index (χ0n) is 19.0. The van der Waals surface area contributed by atoms with Crippen molar-refractivity contribution in [3.8, 4) is 0 Å². The van der Waals surface area contributed by atoms with Crippen molar-refractivity contribution in [1.82, 2.24) is 0 Å². The molecule has 0 aliphatic carbocycles. The van der Waals surface area contributed by atoms with E-state index in [1.54, 1.807) is 0 Å². The van der Waals surface area contributed by atoms with Crippen LogP contribution in [0.25, 0.3) is 0 Å². The molecule has 34 heavy (non-hydrogen) atoms. The first-order chi connectivity index (χ1) is 16.6. The van der Waals surface area contributed by atoms with Gasteiger partial charge >= 0.3 is 0 Å². The smallest absolute Gasteiger partial charge is 0.152 e. The summed E-state index contributed by atoms with van der Waals surface area (Å²) in [6, 6.07) is 39.5. The first kappa shape index (κ1) is 22.7. The highest BCUT2D eigenvalue weighted by molar-refractivity contribution is 7.73. The standard InChI is InChI=1S/C28H28N2O2P2/c31-33(27-17-9-3-10-18-27)21-29(25-13-5-1-6-14-25)22-34(32,28-19-11-4-12-20-28)24-30(23-33)26-15-7-2-8-16-26/h1-20H,21-24H2. The van der Waals surface area contributed by atoms with E-state index in [1.807, 2.05) is 121 Å². The summed E-state index contributed by atoms with van der Waals surface area (Å²) in [5, 5.41) is 1.71. The summed E-state index contributed by atoms with van der Waals surface area (Å²) in [5.74, 6) is 0. The van der Waals surface area contributed by atoms with E-state index in [0.717, 1.165) is 22.0 Å². The van der Waals surface area contributed by atoms with E-state index in [4.69, 9.17) is 0 Å². The Hall–Kier alpha value is -3.06. The number of nitrogens with zero attached hydrogens (tertiary/aromatic N) is 2. The summed E-state index contributed by atoms with van der Waals surface area (Å²) in [6.07, 6.45) is 1.34. The van der Waals surface area contributed by atoms with Crippen LogP contribution in [0.15, 0.2) is 121 Å². The number of anilines is 2. The fraction of sp³-hybridized carbons (Fsp3) is 0.143. The van der Waals surface area contributed by atoms with Gasteiger partial charge in [0.25, 0.3) is 0 Å². The van der Waals surface area contributed by atoms with E-state index in [0.29, 0.717) is 25.1 Å². The maximum atomic E-state index is 14.7. The molecule has 4 aromatic carbocycles. The second kappa shape index (κ2) is 9.66. The highest BCUT2D eigenvalue weighted by Gasteiger charge is 2.39. The number of hydrogen-bond acceptors (Lipinski definition) is 4. The van der Waals surface area contributed by atoms with Gasteiger partial charge in [-0.1, -0.05) is 97.1 Å². The third kappa shape index (κ3) is 4.75. The van der Waals surface area contributed by atoms with Gasteiger partial charge in [0.2, 0.25) is 0 Å². The molecule has 0 amide bonds. The summed E-state index contributed by atoms with van der Waals surface area (Å²) < 4.78 is 29.5. The van der Waals surface area contributed by atoms with E-state index in [2.05, 4.69) is 9.80 Å². The van der Waals surface area contributed by atoms with Crippen LogP contribution in [0.1, 0.15) is 0 Å². The quantitative estimate of drug-likeness (QED) is 0.321. The third-order valence-electron chi connectivity index (χ3n) is 6.29. The molecule has 0 aromatic heterocycles. The fourth-order valence-electron chi connectivity index (χ4n) is 4.61. The van der Waals surface area contributed by atoms with E-state index >= 15 is 0 Å². The van der Waals surface area contributed by atoms with Gasteiger partial charge in [-0.15, -0.1) is 0 Å². The van der Waals surface area contributed by atoms with Crippen LogP contribution in [0, 0.1) is 0 Å². The first-order valence-electron chi connectivity index (χ1n) is 11.4. The molecule has 1 heterocycles. The highest BCUT2D eigenvalue weighted by atomic mass is 31.2. The van der Waals surface area contributed by atoms with Crippen molar-refractivity contribution in [2.24, 2.45) is 0 Å². The van der Waals surface area contributed by atoms with Crippen LogP contribution in [-0.4, -0.2) is 25.1 Å². The molecule has 0 unspecified atom stereocenters. The summed E-state index contributed by atoms with van der Waals surface area (Å²) in [5.41, 5.74) is 1.89. The van der Waals surface area contributed by atoms with Crippen LogP contribution in [-0.2, 0) is 9.13 Å². The molecule has 0 atom stereocenters. The minimum absolute atomic E-state index is 0.335. The maximum Gasteiger partial charge on any atom is 0.152 e. The molecule has 0 N–H and O–H groups in total. The summed E-state index contributed by atoms with van der Waals surface area (Å²) in [6.45, 7) is 0. The van der Waals surface area contributed by atoms with Crippen molar-refractivity contribution in [2.45, 2.75) is 0 Å². The molecule has 1 aliphatic heterocycles. The van der Waals surface area contributed by atoms with Gasteiger partial charge in [-0.25, -0.2) is 0 Å². The molecule has 172 valence electrons. The Morgan fingerprint density at radius 3 is 0.971 bits per heavy atom. The van der Waals surface area contributed by atoms with Crippen LogP contribution in [0.5, 0.6) is 0 Å². The molecule has 6 heteroatoms. The van der Waals surface area contributed by atoms with Gasteiger partial charge in [0.1, 0.15) is 0 Å². The van der Waals surface area contributed by atoms with Gasteiger partial charge in [0, 0.05) is 22.0 Å². The average Bonchev–Trinajstić information content (AvgIpc) is 2.89. The molecule has 1 fully saturated rings. The summed E-state index contributed by atoms with van der Waals surface area (Å²) in [7, 11) is -5.79. The van der Waals surface area contributed by atoms with Crippen molar-refractivity contribution in [3.63, 3.8) is 0 Å². The van der Waals surface area contributed by atoms with Gasteiger partial charge in [0.15, 0.2) is 14.3 Å². The van der Waals surface area contributed by atoms with E-state index in [-0.39, 0.29) is 0 Å². The molecule has 5 rings (SSSR count). The van der Waals surface area contributed by atoms with Gasteiger partial charge in [-0.3, -0.25) is 0 Å². The lowest BCUT2D eigenvalue weighted by atomic mass is 10.3. The van der Waals surface area contributed by atoms with Crippen molar-refractivity contribution < 1.29 is 9.13 Å². The van der Waals surface area contributed by atoms with E-state index in [1.165, 1.54) is 0 Å². The van der Waals surface area contributed by atoms with Crippen LogP contribution >= 0.6 is 14.3 Å². The predicted molar refractivity (Wildman–Crippen MR) is 145 cm³/mol. The lowest BCUT2D eigenvalue weighted by molar-refractivity contribution is 0.570. The van der Waals surface area contributed by atoms with E-state index < -0.39 is 14.3 Å². The number of hydrogen-bond donors (Lipinski definition) is 0. The molecular formula is C28H28N2O2P2. The molecule has 1 saturated heterocycles. The summed E-state index contributed by atoms with van der Waals surface area (Å²) in [4.78, 5) is 4.17. The lowest BCUT2D eigenvalue weighted by Gasteiger charge is -2.41. The molecular weight excluding hydrogens is 458 g/mol. The Balaban J connectivity index is 1.65. The second-order valence-corrected chi connectivity index (χ2v) is 14.5. The van der Waals surface area contributed by atoms with Crippen molar-refractivity contribution in [1.29, 1.82) is 0 Å². The molecule has 0 saturated carbocycles. The Bertz CT molecular complexity index is 1190. The minimum Gasteiger partial charge on any atom is -0.356 e. The van der Waals surface area contributed by atoms with Crippen LogP contribution < -0.4 is 20.4 Å². The Kier molecular flexibility index (Phi) is 6.46. The van der Waals surface area contributed by atoms with Gasteiger partial charge < -0.3 is 18.9 Å². The predicted octanol–water partition coefficient (Wildman–Crippen LogP) is 6.22. The van der Waals surface area contributed by atoms with Crippen LogP contribution in [0.2, 0.25) is 0 Å². The third-order valence-corrected chi connectivity index (χ3v) is 12.0. The molecule has 0 bridgehead atoms. The second-order valence-electron chi connectivity index (χ2n) is 8.77. The maximum absolute atomic E-state index is 14.7. The molecule has 1 aliphatic rings. The monoisotopic (exact) mass is 486 g/mol. The zero-order chi connectivity index (χ0) is 23.4. The normalized spacial score (nSPS) is 23.2. The molecule has 4 aromatic rings. The molecule has 0 spiro atoms. The number of rotatable bonds is 4. The highest BCUT2D eigenvalue weighted by Crippen LogP contribution is 2.55. The Morgan fingerprint density at radius 2 is 0.676 bits per heavy atom. The molecule has 4 nitrogen and oxygen atoms in total. The van der Waals surface area contributed by atoms with Gasteiger partial charge in [-0.05, 0) is 24.3 Å². The van der Waals surface area contributed by atoms with Gasteiger partial charge in [0.05, 0.1) is 25.1 Å². The summed E-state index contributed by atoms with van der Waals surface area (Å²) >= 11 is 0. The largest absolute Gasteiger partial charge is 0.356 e. The lowest BCUT2D eigenvalue weighted by Crippen LogP contribution is -2.40.